The molecule has 5 aromatic rings. The molecule has 1 heterocycles. The highest BCUT2D eigenvalue weighted by molar-refractivity contribution is 7.20. The van der Waals surface area contributed by atoms with E-state index in [0.29, 0.717) is 0 Å². The Morgan fingerprint density at radius 3 is 1.28 bits per heavy atom. The van der Waals surface area contributed by atoms with Gasteiger partial charge < -0.3 is 0 Å². The van der Waals surface area contributed by atoms with Crippen molar-refractivity contribution < 1.29 is 4.79 Å². The van der Waals surface area contributed by atoms with Gasteiger partial charge in [0.1, 0.15) is 0 Å². The summed E-state index contributed by atoms with van der Waals surface area (Å²) < 4.78 is 0. The Kier molecular flexibility index (Phi) is 5.53. The molecule has 32 heavy (non-hydrogen) atoms. The fourth-order valence-electron chi connectivity index (χ4n) is 4.04. The van der Waals surface area contributed by atoms with Crippen LogP contribution in [0.5, 0.6) is 0 Å². The molecule has 0 radical (unpaired) electrons. The predicted octanol–water partition coefficient (Wildman–Crippen LogP) is 8.62. The number of rotatable bonds is 5. The summed E-state index contributed by atoms with van der Waals surface area (Å²) in [4.78, 5) is 14.3. The van der Waals surface area contributed by atoms with Crippen molar-refractivity contribution in [3.63, 3.8) is 0 Å². The lowest BCUT2D eigenvalue weighted by atomic mass is 9.91. The molecule has 0 aliphatic rings. The number of hydrogen-bond donors (Lipinski definition) is 0. The zero-order chi connectivity index (χ0) is 21.9. The number of benzene rings is 4. The van der Waals surface area contributed by atoms with Crippen LogP contribution in [0.25, 0.3) is 43.1 Å². The van der Waals surface area contributed by atoms with Crippen molar-refractivity contribution in [1.82, 2.24) is 0 Å². The second kappa shape index (κ2) is 8.78. The first-order valence-electron chi connectivity index (χ1n) is 10.7. The quantitative estimate of drug-likeness (QED) is 0.255. The van der Waals surface area contributed by atoms with Gasteiger partial charge in [-0.05, 0) is 29.2 Å². The number of Topliss-reactive ketones (excluding diaryl/α,β-unsaturated/α-hetero) is 1. The highest BCUT2D eigenvalue weighted by atomic mass is 32.1. The van der Waals surface area contributed by atoms with Gasteiger partial charge in [0.15, 0.2) is 5.78 Å². The van der Waals surface area contributed by atoms with Gasteiger partial charge in [0, 0.05) is 26.4 Å². The van der Waals surface area contributed by atoms with Crippen LogP contribution in [-0.2, 0) is 0 Å². The second-order valence-corrected chi connectivity index (χ2v) is 8.76. The third kappa shape index (κ3) is 3.81. The van der Waals surface area contributed by atoms with Crippen LogP contribution in [0.15, 0.2) is 115 Å². The van der Waals surface area contributed by atoms with Gasteiger partial charge >= 0.3 is 0 Å². The molecule has 0 unspecified atom stereocenters. The van der Waals surface area contributed by atoms with Crippen LogP contribution in [0.4, 0.5) is 0 Å². The van der Waals surface area contributed by atoms with Crippen LogP contribution < -0.4 is 0 Å². The van der Waals surface area contributed by atoms with Crippen LogP contribution in [0.3, 0.4) is 0 Å². The van der Waals surface area contributed by atoms with Crippen molar-refractivity contribution in [2.75, 3.05) is 0 Å². The predicted molar refractivity (Wildman–Crippen MR) is 136 cm³/mol. The van der Waals surface area contributed by atoms with Crippen molar-refractivity contribution in [2.24, 2.45) is 0 Å². The first-order chi connectivity index (χ1) is 15.7. The number of hydrogen-bond acceptors (Lipinski definition) is 2. The van der Waals surface area contributed by atoms with E-state index in [9.17, 15) is 4.79 Å². The average Bonchev–Trinajstić information content (AvgIpc) is 3.26. The number of carbonyl (C=O) groups excluding carboxylic acids is 1. The Morgan fingerprint density at radius 2 is 0.875 bits per heavy atom. The van der Waals surface area contributed by atoms with E-state index in [1.165, 1.54) is 37.6 Å². The minimum atomic E-state index is 0.0842. The van der Waals surface area contributed by atoms with Crippen LogP contribution in [-0.4, -0.2) is 5.78 Å². The van der Waals surface area contributed by atoms with Gasteiger partial charge in [0.25, 0.3) is 0 Å². The van der Waals surface area contributed by atoms with E-state index >= 15 is 0 Å². The lowest BCUT2D eigenvalue weighted by molar-refractivity contribution is 0.101. The number of ketones is 1. The van der Waals surface area contributed by atoms with Gasteiger partial charge in [-0.25, -0.2) is 0 Å². The fraction of sp³-hybridized carbons (Fsp3) is 0.0333. The normalized spacial score (nSPS) is 10.8. The molecular weight excluding hydrogens is 408 g/mol. The summed E-state index contributed by atoms with van der Waals surface area (Å²) in [5.41, 5.74) is 7.94. The lowest BCUT2D eigenvalue weighted by Crippen LogP contribution is -1.91. The van der Waals surface area contributed by atoms with E-state index < -0.39 is 0 Å². The Morgan fingerprint density at radius 1 is 0.500 bits per heavy atom. The summed E-state index contributed by atoms with van der Waals surface area (Å²) in [5.74, 6) is 0.0842. The molecule has 0 bridgehead atoms. The summed E-state index contributed by atoms with van der Waals surface area (Å²) in [6, 6.07) is 39.8. The zero-order valence-corrected chi connectivity index (χ0v) is 18.6. The molecule has 0 fully saturated rings. The third-order valence-corrected chi connectivity index (χ3v) is 6.91. The van der Waals surface area contributed by atoms with E-state index in [2.05, 4.69) is 103 Å². The van der Waals surface area contributed by atoms with E-state index in [1.807, 2.05) is 23.5 Å². The molecule has 154 valence electrons. The smallest absolute Gasteiger partial charge is 0.159 e. The molecule has 4 aromatic carbocycles. The Hall–Kier alpha value is -3.75. The summed E-state index contributed by atoms with van der Waals surface area (Å²) >= 11 is 1.81. The molecule has 1 aromatic heterocycles. The van der Waals surface area contributed by atoms with Gasteiger partial charge in [-0.1, -0.05) is 115 Å². The van der Waals surface area contributed by atoms with Crippen LogP contribution in [0.2, 0.25) is 0 Å². The third-order valence-electron chi connectivity index (χ3n) is 5.62. The summed E-state index contributed by atoms with van der Waals surface area (Å²) in [5, 5.41) is 0. The molecule has 5 rings (SSSR count). The molecule has 0 aliphatic heterocycles. The molecule has 0 saturated carbocycles. The maximum Gasteiger partial charge on any atom is 0.159 e. The van der Waals surface area contributed by atoms with Gasteiger partial charge in [0.05, 0.1) is 0 Å². The summed E-state index contributed by atoms with van der Waals surface area (Å²) in [6.07, 6.45) is 0. The zero-order valence-electron chi connectivity index (χ0n) is 17.8. The first kappa shape index (κ1) is 20.2. The lowest BCUT2D eigenvalue weighted by Gasteiger charge is -2.11. The van der Waals surface area contributed by atoms with E-state index in [-0.39, 0.29) is 5.78 Å². The summed E-state index contributed by atoms with van der Waals surface area (Å²) in [6.45, 7) is 1.61. The molecule has 0 atom stereocenters. The topological polar surface area (TPSA) is 17.1 Å². The van der Waals surface area contributed by atoms with E-state index in [4.69, 9.17) is 0 Å². The van der Waals surface area contributed by atoms with E-state index in [0.717, 1.165) is 11.1 Å². The van der Waals surface area contributed by atoms with Crippen LogP contribution in [0, 0.1) is 0 Å². The number of thiophene rings is 1. The minimum Gasteiger partial charge on any atom is -0.295 e. The fourth-order valence-corrected chi connectivity index (χ4v) is 5.40. The van der Waals surface area contributed by atoms with Gasteiger partial charge in [-0.15, -0.1) is 11.3 Å². The first-order valence-corrected chi connectivity index (χ1v) is 11.5. The van der Waals surface area contributed by atoms with Crippen molar-refractivity contribution in [3.05, 3.63) is 121 Å². The van der Waals surface area contributed by atoms with Crippen LogP contribution >= 0.6 is 11.3 Å². The molecule has 0 amide bonds. The maximum atomic E-state index is 11.8. The Balaban J connectivity index is 1.84. The molecule has 2 heteroatoms. The monoisotopic (exact) mass is 430 g/mol. The SMILES string of the molecule is CC(=O)c1ccc(-c2sc(-c3ccccc3)c(-c3ccccc3)c2-c2ccccc2)cc1. The van der Waals surface area contributed by atoms with Crippen LogP contribution in [0.1, 0.15) is 17.3 Å². The standard InChI is InChI=1S/C30H22OS/c1-21(31)22-17-19-26(20-18-22)30-28(24-13-7-3-8-14-24)27(23-11-5-2-6-12-23)29(32-30)25-15-9-4-10-16-25/h2-20H,1H3. The maximum absolute atomic E-state index is 11.8. The van der Waals surface area contributed by atoms with E-state index in [1.54, 1.807) is 6.92 Å². The Bertz CT molecular complexity index is 1350. The number of carbonyl (C=O) groups is 1. The largest absolute Gasteiger partial charge is 0.295 e. The van der Waals surface area contributed by atoms with Crippen molar-refractivity contribution in [1.29, 1.82) is 0 Å². The summed E-state index contributed by atoms with van der Waals surface area (Å²) in [7, 11) is 0. The molecule has 1 nitrogen and oxygen atoms in total. The van der Waals surface area contributed by atoms with Crippen molar-refractivity contribution in [2.45, 2.75) is 6.92 Å². The molecular formula is C30H22OS. The van der Waals surface area contributed by atoms with Gasteiger partial charge in [-0.2, -0.15) is 0 Å². The van der Waals surface area contributed by atoms with Crippen molar-refractivity contribution in [3.8, 4) is 43.1 Å². The molecule has 0 saturated heterocycles. The average molecular weight is 431 g/mol. The van der Waals surface area contributed by atoms with Gasteiger partial charge in [0.2, 0.25) is 0 Å². The highest BCUT2D eigenvalue weighted by Gasteiger charge is 2.23. The highest BCUT2D eigenvalue weighted by Crippen LogP contribution is 2.51. The molecule has 0 spiro atoms. The molecule has 0 N–H and O–H groups in total. The molecule has 0 aliphatic carbocycles. The van der Waals surface area contributed by atoms with Crippen molar-refractivity contribution >= 4 is 17.1 Å². The Labute approximate surface area is 192 Å². The minimum absolute atomic E-state index is 0.0842. The second-order valence-electron chi connectivity index (χ2n) is 7.74. The van der Waals surface area contributed by atoms with Gasteiger partial charge in [-0.3, -0.25) is 4.79 Å².